The maximum Gasteiger partial charge on any atom is 0.231 e. The number of ether oxygens (including phenoxy) is 2. The van der Waals surface area contributed by atoms with Crippen LogP contribution in [0.4, 0.5) is 17.1 Å². The van der Waals surface area contributed by atoms with Crippen molar-refractivity contribution in [1.29, 1.82) is 0 Å². The van der Waals surface area contributed by atoms with E-state index in [1.165, 1.54) is 0 Å². The number of rotatable bonds is 2. The van der Waals surface area contributed by atoms with Gasteiger partial charge >= 0.3 is 0 Å². The molecular weight excluding hydrogens is 252 g/mol. The summed E-state index contributed by atoms with van der Waals surface area (Å²) in [6.07, 6.45) is 0. The number of nitrogens with two attached hydrogens (primary N) is 1. The molecule has 18 heavy (non-hydrogen) atoms. The van der Waals surface area contributed by atoms with Crippen LogP contribution in [0.25, 0.3) is 0 Å². The lowest BCUT2D eigenvalue weighted by atomic mass is 10.2. The van der Waals surface area contributed by atoms with Gasteiger partial charge in [-0.1, -0.05) is 17.7 Å². The molecule has 0 fully saturated rings. The molecule has 0 atom stereocenters. The number of hydrogen-bond acceptors (Lipinski definition) is 4. The molecule has 92 valence electrons. The molecule has 0 aromatic heterocycles. The van der Waals surface area contributed by atoms with E-state index >= 15 is 0 Å². The molecule has 0 bridgehead atoms. The molecule has 0 amide bonds. The topological polar surface area (TPSA) is 56.5 Å². The zero-order valence-electron chi connectivity index (χ0n) is 9.44. The molecule has 0 unspecified atom stereocenters. The van der Waals surface area contributed by atoms with E-state index in [2.05, 4.69) is 5.32 Å². The maximum atomic E-state index is 6.10. The zero-order chi connectivity index (χ0) is 12.5. The van der Waals surface area contributed by atoms with Crippen molar-refractivity contribution in [3.05, 3.63) is 41.4 Å². The highest BCUT2D eigenvalue weighted by Gasteiger charge is 2.14. The molecule has 0 aliphatic carbocycles. The van der Waals surface area contributed by atoms with Gasteiger partial charge in [0.1, 0.15) is 0 Å². The SMILES string of the molecule is Nc1cccc(Cl)c1Nc1ccc2c(c1)OCO2. The summed E-state index contributed by atoms with van der Waals surface area (Å²) < 4.78 is 10.6. The maximum absolute atomic E-state index is 6.10. The second kappa shape index (κ2) is 4.31. The van der Waals surface area contributed by atoms with Gasteiger partial charge in [0.05, 0.1) is 16.4 Å². The summed E-state index contributed by atoms with van der Waals surface area (Å²) in [5.74, 6) is 1.46. The third-order valence-electron chi connectivity index (χ3n) is 2.69. The Labute approximate surface area is 109 Å². The Morgan fingerprint density at radius 2 is 1.94 bits per heavy atom. The Kier molecular flexibility index (Phi) is 2.64. The number of halogens is 1. The van der Waals surface area contributed by atoms with E-state index in [9.17, 15) is 0 Å². The number of nitrogens with one attached hydrogen (secondary N) is 1. The van der Waals surface area contributed by atoms with Crippen LogP contribution in [-0.4, -0.2) is 6.79 Å². The number of nitrogen functional groups attached to an aromatic ring is 1. The van der Waals surface area contributed by atoms with Crippen LogP contribution in [0.5, 0.6) is 11.5 Å². The van der Waals surface area contributed by atoms with Crippen LogP contribution < -0.4 is 20.5 Å². The van der Waals surface area contributed by atoms with Crippen LogP contribution in [-0.2, 0) is 0 Å². The summed E-state index contributed by atoms with van der Waals surface area (Å²) in [6, 6.07) is 11.0. The van der Waals surface area contributed by atoms with Crippen LogP contribution in [0.2, 0.25) is 5.02 Å². The van der Waals surface area contributed by atoms with Gasteiger partial charge in [0, 0.05) is 11.8 Å². The average molecular weight is 263 g/mol. The lowest BCUT2D eigenvalue weighted by molar-refractivity contribution is 0.174. The van der Waals surface area contributed by atoms with Gasteiger partial charge in [-0.15, -0.1) is 0 Å². The molecule has 0 saturated carbocycles. The largest absolute Gasteiger partial charge is 0.454 e. The van der Waals surface area contributed by atoms with Crippen LogP contribution in [0.3, 0.4) is 0 Å². The summed E-state index contributed by atoms with van der Waals surface area (Å²) in [5, 5.41) is 3.75. The number of anilines is 3. The minimum absolute atomic E-state index is 0.257. The van der Waals surface area contributed by atoms with Gasteiger partial charge < -0.3 is 20.5 Å². The molecule has 1 aliphatic rings. The fraction of sp³-hybridized carbons (Fsp3) is 0.0769. The molecule has 3 rings (SSSR count). The summed E-state index contributed by atoms with van der Waals surface area (Å²) in [4.78, 5) is 0. The number of benzene rings is 2. The standard InChI is InChI=1S/C13H11ClN2O2/c14-9-2-1-3-10(15)13(9)16-8-4-5-11-12(6-8)18-7-17-11/h1-6,16H,7,15H2. The van der Waals surface area contributed by atoms with E-state index in [1.54, 1.807) is 12.1 Å². The third kappa shape index (κ3) is 1.91. The molecule has 0 radical (unpaired) electrons. The zero-order valence-corrected chi connectivity index (χ0v) is 10.2. The average Bonchev–Trinajstić information content (AvgIpc) is 2.81. The van der Waals surface area contributed by atoms with Gasteiger partial charge in [0.2, 0.25) is 6.79 Å². The van der Waals surface area contributed by atoms with E-state index in [0.717, 1.165) is 11.4 Å². The Hall–Kier alpha value is -2.07. The number of hydrogen-bond donors (Lipinski definition) is 2. The van der Waals surface area contributed by atoms with Crippen LogP contribution in [0, 0.1) is 0 Å². The first-order valence-electron chi connectivity index (χ1n) is 5.45. The smallest absolute Gasteiger partial charge is 0.231 e. The molecule has 1 aliphatic heterocycles. The summed E-state index contributed by atoms with van der Waals surface area (Å²) in [7, 11) is 0. The van der Waals surface area contributed by atoms with Gasteiger partial charge in [-0.3, -0.25) is 0 Å². The van der Waals surface area contributed by atoms with E-state index in [0.29, 0.717) is 22.1 Å². The normalized spacial score (nSPS) is 12.5. The first-order valence-corrected chi connectivity index (χ1v) is 5.82. The van der Waals surface area contributed by atoms with Crippen molar-refractivity contribution < 1.29 is 9.47 Å². The van der Waals surface area contributed by atoms with Crippen molar-refractivity contribution in [1.82, 2.24) is 0 Å². The van der Waals surface area contributed by atoms with Gasteiger partial charge in [-0.2, -0.15) is 0 Å². The number of fused-ring (bicyclic) bond motifs is 1. The fourth-order valence-electron chi connectivity index (χ4n) is 1.79. The molecule has 2 aromatic carbocycles. The van der Waals surface area contributed by atoms with Gasteiger partial charge in [-0.25, -0.2) is 0 Å². The Morgan fingerprint density at radius 3 is 2.78 bits per heavy atom. The highest BCUT2D eigenvalue weighted by molar-refractivity contribution is 6.34. The van der Waals surface area contributed by atoms with Gasteiger partial charge in [0.15, 0.2) is 11.5 Å². The van der Waals surface area contributed by atoms with Crippen molar-refractivity contribution in [3.63, 3.8) is 0 Å². The van der Waals surface area contributed by atoms with Crippen LogP contribution in [0.1, 0.15) is 0 Å². The third-order valence-corrected chi connectivity index (χ3v) is 3.00. The molecule has 5 heteroatoms. The van der Waals surface area contributed by atoms with Crippen molar-refractivity contribution in [2.24, 2.45) is 0 Å². The molecule has 4 nitrogen and oxygen atoms in total. The van der Waals surface area contributed by atoms with E-state index in [1.807, 2.05) is 24.3 Å². The second-order valence-electron chi connectivity index (χ2n) is 3.90. The molecule has 2 aromatic rings. The predicted octanol–water partition coefficient (Wildman–Crippen LogP) is 3.39. The van der Waals surface area contributed by atoms with Gasteiger partial charge in [-0.05, 0) is 24.3 Å². The lowest BCUT2D eigenvalue weighted by Crippen LogP contribution is -1.97. The molecule has 0 spiro atoms. The highest BCUT2D eigenvalue weighted by atomic mass is 35.5. The second-order valence-corrected chi connectivity index (χ2v) is 4.30. The Balaban J connectivity index is 1.93. The molecule has 3 N–H and O–H groups in total. The van der Waals surface area contributed by atoms with Crippen molar-refractivity contribution >= 4 is 28.7 Å². The van der Waals surface area contributed by atoms with Crippen molar-refractivity contribution in [3.8, 4) is 11.5 Å². The van der Waals surface area contributed by atoms with Gasteiger partial charge in [0.25, 0.3) is 0 Å². The van der Waals surface area contributed by atoms with Crippen molar-refractivity contribution in [2.75, 3.05) is 17.8 Å². The first-order chi connectivity index (χ1) is 8.74. The minimum atomic E-state index is 0.257. The molecule has 0 saturated heterocycles. The summed E-state index contributed by atoms with van der Waals surface area (Å²) in [5.41, 5.74) is 8.02. The molecular formula is C13H11ClN2O2. The number of para-hydroxylation sites is 1. The lowest BCUT2D eigenvalue weighted by Gasteiger charge is -2.11. The van der Waals surface area contributed by atoms with E-state index in [4.69, 9.17) is 26.8 Å². The Bertz CT molecular complexity index is 581. The van der Waals surface area contributed by atoms with E-state index in [-0.39, 0.29) is 6.79 Å². The quantitative estimate of drug-likeness (QED) is 0.815. The van der Waals surface area contributed by atoms with Crippen molar-refractivity contribution in [2.45, 2.75) is 0 Å². The summed E-state index contributed by atoms with van der Waals surface area (Å²) >= 11 is 6.10. The summed E-state index contributed by atoms with van der Waals surface area (Å²) in [6.45, 7) is 0.257. The highest BCUT2D eigenvalue weighted by Crippen LogP contribution is 2.37. The molecule has 1 heterocycles. The monoisotopic (exact) mass is 262 g/mol. The first kappa shape index (κ1) is 11.0. The minimum Gasteiger partial charge on any atom is -0.454 e. The van der Waals surface area contributed by atoms with E-state index < -0.39 is 0 Å². The van der Waals surface area contributed by atoms with Crippen LogP contribution >= 0.6 is 11.6 Å². The van der Waals surface area contributed by atoms with Crippen LogP contribution in [0.15, 0.2) is 36.4 Å². The fourth-order valence-corrected chi connectivity index (χ4v) is 2.02. The predicted molar refractivity (Wildman–Crippen MR) is 71.7 cm³/mol. The Morgan fingerprint density at radius 1 is 1.11 bits per heavy atom.